The van der Waals surface area contributed by atoms with Gasteiger partial charge in [0.1, 0.15) is 23.8 Å². The van der Waals surface area contributed by atoms with Crippen LogP contribution in [-0.4, -0.2) is 46.0 Å². The Morgan fingerprint density at radius 2 is 1.88 bits per heavy atom. The summed E-state index contributed by atoms with van der Waals surface area (Å²) in [6, 6.07) is 12.1. The van der Waals surface area contributed by atoms with Gasteiger partial charge in [0.25, 0.3) is 0 Å². The van der Waals surface area contributed by atoms with Crippen LogP contribution in [0.3, 0.4) is 0 Å². The highest BCUT2D eigenvalue weighted by atomic mass is 16.2. The van der Waals surface area contributed by atoms with Crippen molar-refractivity contribution in [2.45, 2.75) is 57.0 Å². The fourth-order valence-electron chi connectivity index (χ4n) is 5.27. The van der Waals surface area contributed by atoms with E-state index >= 15 is 0 Å². The summed E-state index contributed by atoms with van der Waals surface area (Å²) < 4.78 is 0. The minimum atomic E-state index is -0.191. The summed E-state index contributed by atoms with van der Waals surface area (Å²) in [6.07, 6.45) is 11.5. The molecule has 0 spiro atoms. The zero-order valence-corrected chi connectivity index (χ0v) is 18.5. The molecule has 7 heteroatoms. The number of nitrogens with zero attached hydrogens (tertiary/aromatic N) is 3. The molecule has 3 heterocycles. The van der Waals surface area contributed by atoms with Crippen LogP contribution < -0.4 is 15.5 Å². The van der Waals surface area contributed by atoms with Crippen molar-refractivity contribution in [1.82, 2.24) is 20.3 Å². The average molecular weight is 433 g/mol. The first-order chi connectivity index (χ1) is 15.8. The number of benzene rings is 1. The molecule has 2 fully saturated rings. The molecule has 7 nitrogen and oxygen atoms in total. The van der Waals surface area contributed by atoms with Gasteiger partial charge in [0, 0.05) is 31.0 Å². The Morgan fingerprint density at radius 3 is 2.72 bits per heavy atom. The smallest absolute Gasteiger partial charge is 0.243 e. The van der Waals surface area contributed by atoms with E-state index in [0.29, 0.717) is 5.92 Å². The summed E-state index contributed by atoms with van der Waals surface area (Å²) in [4.78, 5) is 27.8. The molecule has 5 rings (SSSR count). The molecule has 3 aromatic rings. The first-order valence-corrected chi connectivity index (χ1v) is 11.9. The third-order valence-electron chi connectivity index (χ3n) is 6.90. The van der Waals surface area contributed by atoms with Gasteiger partial charge in [0.2, 0.25) is 5.91 Å². The maximum absolute atomic E-state index is 13.5. The molecule has 1 aromatic carbocycles. The van der Waals surface area contributed by atoms with E-state index in [-0.39, 0.29) is 18.0 Å². The predicted octanol–water partition coefficient (Wildman–Crippen LogP) is 4.10. The monoisotopic (exact) mass is 432 g/mol. The zero-order valence-electron chi connectivity index (χ0n) is 18.5. The Kier molecular flexibility index (Phi) is 6.23. The van der Waals surface area contributed by atoms with Gasteiger partial charge in [-0.05, 0) is 49.8 Å². The van der Waals surface area contributed by atoms with Gasteiger partial charge in [0.05, 0.1) is 5.39 Å². The third-order valence-corrected chi connectivity index (χ3v) is 6.90. The van der Waals surface area contributed by atoms with Crippen molar-refractivity contribution in [2.75, 3.05) is 23.3 Å². The molecular weight excluding hydrogens is 400 g/mol. The number of para-hydroxylation sites is 1. The van der Waals surface area contributed by atoms with Crippen LogP contribution in [0.5, 0.6) is 0 Å². The standard InChI is InChI=1S/C25H32N6O/c32-25(22(18-8-3-1-4-9-18)29-19-10-5-2-6-11-19)30-20-12-7-15-31(16-20)24-21-13-14-26-23(21)27-17-28-24/h2,5-6,10-11,13-14,17-18,20,22,29H,1,3-4,7-9,12,15-16H2,(H,30,32)(H,26,27,28). The molecule has 1 saturated heterocycles. The van der Waals surface area contributed by atoms with Crippen molar-refractivity contribution in [3.05, 3.63) is 48.9 Å². The number of nitrogens with one attached hydrogen (secondary N) is 3. The fourth-order valence-corrected chi connectivity index (χ4v) is 5.27. The van der Waals surface area contributed by atoms with Gasteiger partial charge in [-0.2, -0.15) is 0 Å². The fraction of sp³-hybridized carbons (Fsp3) is 0.480. The van der Waals surface area contributed by atoms with Gasteiger partial charge in [-0.25, -0.2) is 9.97 Å². The van der Waals surface area contributed by atoms with E-state index in [2.05, 4.69) is 30.5 Å². The molecular formula is C25H32N6O. The molecule has 168 valence electrons. The van der Waals surface area contributed by atoms with E-state index in [4.69, 9.17) is 0 Å². The number of carbonyl (C=O) groups excluding carboxylic acids is 1. The first-order valence-electron chi connectivity index (χ1n) is 11.9. The lowest BCUT2D eigenvalue weighted by atomic mass is 9.83. The van der Waals surface area contributed by atoms with Crippen molar-refractivity contribution < 1.29 is 4.79 Å². The van der Waals surface area contributed by atoms with Crippen LogP contribution in [0.1, 0.15) is 44.9 Å². The van der Waals surface area contributed by atoms with Crippen LogP contribution in [0.4, 0.5) is 11.5 Å². The van der Waals surface area contributed by atoms with Crippen molar-refractivity contribution in [3.63, 3.8) is 0 Å². The van der Waals surface area contributed by atoms with Gasteiger partial charge >= 0.3 is 0 Å². The van der Waals surface area contributed by atoms with E-state index in [1.165, 1.54) is 19.3 Å². The topological polar surface area (TPSA) is 85.9 Å². The van der Waals surface area contributed by atoms with E-state index in [1.807, 2.05) is 42.6 Å². The van der Waals surface area contributed by atoms with Crippen molar-refractivity contribution >= 4 is 28.4 Å². The van der Waals surface area contributed by atoms with Gasteiger partial charge in [-0.3, -0.25) is 4.79 Å². The summed E-state index contributed by atoms with van der Waals surface area (Å²) in [5.74, 6) is 1.45. The molecule has 1 amide bonds. The Labute approximate surface area is 189 Å². The number of fused-ring (bicyclic) bond motifs is 1. The van der Waals surface area contributed by atoms with Crippen LogP contribution in [0.2, 0.25) is 0 Å². The Morgan fingerprint density at radius 1 is 1.03 bits per heavy atom. The number of anilines is 2. The van der Waals surface area contributed by atoms with E-state index in [0.717, 1.165) is 61.3 Å². The number of aromatic amines is 1. The van der Waals surface area contributed by atoms with Gasteiger partial charge < -0.3 is 20.5 Å². The minimum Gasteiger partial charge on any atom is -0.373 e. The van der Waals surface area contributed by atoms with Crippen LogP contribution in [0, 0.1) is 5.92 Å². The maximum atomic E-state index is 13.5. The predicted molar refractivity (Wildman–Crippen MR) is 128 cm³/mol. The molecule has 32 heavy (non-hydrogen) atoms. The van der Waals surface area contributed by atoms with Crippen LogP contribution in [0.15, 0.2) is 48.9 Å². The second kappa shape index (κ2) is 9.59. The lowest BCUT2D eigenvalue weighted by molar-refractivity contribution is -0.124. The number of hydrogen-bond donors (Lipinski definition) is 3. The van der Waals surface area contributed by atoms with Crippen LogP contribution >= 0.6 is 0 Å². The third kappa shape index (κ3) is 4.56. The van der Waals surface area contributed by atoms with Gasteiger partial charge in [0.15, 0.2) is 0 Å². The molecule has 2 unspecified atom stereocenters. The lowest BCUT2D eigenvalue weighted by Crippen LogP contribution is -2.53. The number of H-pyrrole nitrogens is 1. The summed E-state index contributed by atoms with van der Waals surface area (Å²) in [7, 11) is 0. The summed E-state index contributed by atoms with van der Waals surface area (Å²) in [5, 5.41) is 7.97. The number of amides is 1. The van der Waals surface area contributed by atoms with Gasteiger partial charge in [-0.1, -0.05) is 37.5 Å². The van der Waals surface area contributed by atoms with Crippen molar-refractivity contribution in [1.29, 1.82) is 0 Å². The van der Waals surface area contributed by atoms with E-state index in [1.54, 1.807) is 6.33 Å². The molecule has 1 aliphatic carbocycles. The second-order valence-corrected chi connectivity index (χ2v) is 9.12. The largest absolute Gasteiger partial charge is 0.373 e. The number of aromatic nitrogens is 3. The van der Waals surface area contributed by atoms with Crippen molar-refractivity contribution in [2.24, 2.45) is 5.92 Å². The molecule has 0 bridgehead atoms. The highest BCUT2D eigenvalue weighted by Crippen LogP contribution is 2.29. The maximum Gasteiger partial charge on any atom is 0.243 e. The van der Waals surface area contributed by atoms with Crippen LogP contribution in [0.25, 0.3) is 11.0 Å². The zero-order chi connectivity index (χ0) is 21.8. The summed E-state index contributed by atoms with van der Waals surface area (Å²) in [5.41, 5.74) is 1.87. The molecule has 2 aliphatic rings. The molecule has 1 aliphatic heterocycles. The number of rotatable bonds is 6. The minimum absolute atomic E-state index is 0.115. The molecule has 2 aromatic heterocycles. The first kappa shape index (κ1) is 20.8. The van der Waals surface area contributed by atoms with Crippen LogP contribution in [-0.2, 0) is 4.79 Å². The summed E-state index contributed by atoms with van der Waals surface area (Å²) >= 11 is 0. The second-order valence-electron chi connectivity index (χ2n) is 9.12. The normalized spacial score (nSPS) is 20.8. The van der Waals surface area contributed by atoms with Gasteiger partial charge in [-0.15, -0.1) is 0 Å². The highest BCUT2D eigenvalue weighted by molar-refractivity contribution is 5.88. The van der Waals surface area contributed by atoms with E-state index in [9.17, 15) is 4.79 Å². The highest BCUT2D eigenvalue weighted by Gasteiger charge is 2.32. The Hall–Kier alpha value is -3.09. The Bertz CT molecular complexity index is 1030. The molecule has 3 N–H and O–H groups in total. The molecule has 1 saturated carbocycles. The Balaban J connectivity index is 1.29. The van der Waals surface area contributed by atoms with E-state index < -0.39 is 0 Å². The molecule has 2 atom stereocenters. The molecule has 0 radical (unpaired) electrons. The lowest BCUT2D eigenvalue weighted by Gasteiger charge is -2.36. The number of hydrogen-bond acceptors (Lipinski definition) is 5. The number of piperidine rings is 1. The average Bonchev–Trinajstić information content (AvgIpc) is 3.33. The SMILES string of the molecule is O=C(NC1CCCN(c2ncnc3[nH]ccc23)C1)C(Nc1ccccc1)C1CCCCC1. The van der Waals surface area contributed by atoms with Crippen molar-refractivity contribution in [3.8, 4) is 0 Å². The number of carbonyl (C=O) groups is 1. The summed E-state index contributed by atoms with van der Waals surface area (Å²) in [6.45, 7) is 1.71. The quantitative estimate of drug-likeness (QED) is 0.546.